The van der Waals surface area contributed by atoms with E-state index in [9.17, 15) is 9.59 Å². The number of carboxylic acids is 1. The quantitative estimate of drug-likeness (QED) is 0.877. The van der Waals surface area contributed by atoms with E-state index in [1.54, 1.807) is 6.92 Å². The fraction of sp³-hybridized carbons (Fsp3) is 0.273. The Morgan fingerprint density at radius 2 is 2.16 bits per heavy atom. The summed E-state index contributed by atoms with van der Waals surface area (Å²) in [5, 5.41) is 12.7. The molecule has 0 aliphatic rings. The van der Waals surface area contributed by atoms with E-state index in [-0.39, 0.29) is 17.2 Å². The van der Waals surface area contributed by atoms with Crippen LogP contribution in [0.25, 0.3) is 0 Å². The van der Waals surface area contributed by atoms with Gasteiger partial charge in [-0.15, -0.1) is 11.3 Å². The number of rotatable bonds is 4. The molecule has 2 heterocycles. The molecule has 1 amide bonds. The molecule has 0 radical (unpaired) electrons. The van der Waals surface area contributed by atoms with Crippen molar-refractivity contribution in [1.29, 1.82) is 0 Å². The van der Waals surface area contributed by atoms with Crippen LogP contribution in [0.3, 0.4) is 0 Å². The van der Waals surface area contributed by atoms with E-state index in [0.717, 1.165) is 17.0 Å². The monoisotopic (exact) mass is 281 g/mol. The summed E-state index contributed by atoms with van der Waals surface area (Å²) in [7, 11) is 0. The lowest BCUT2D eigenvalue weighted by Gasteiger charge is -1.98. The third kappa shape index (κ3) is 2.97. The number of aromatic carboxylic acids is 1. The largest absolute Gasteiger partial charge is 0.476 e. The van der Waals surface area contributed by atoms with Crippen LogP contribution in [0.4, 0.5) is 0 Å². The van der Waals surface area contributed by atoms with Crippen LogP contribution in [0.5, 0.6) is 0 Å². The van der Waals surface area contributed by atoms with Crippen LogP contribution in [0.15, 0.2) is 9.80 Å². The van der Waals surface area contributed by atoms with E-state index in [4.69, 9.17) is 9.52 Å². The highest BCUT2D eigenvalue weighted by Gasteiger charge is 2.15. The van der Waals surface area contributed by atoms with E-state index in [2.05, 4.69) is 15.3 Å². The summed E-state index contributed by atoms with van der Waals surface area (Å²) < 4.78 is 5.31. The van der Waals surface area contributed by atoms with E-state index in [1.807, 2.05) is 6.92 Å². The molecule has 2 N–H and O–H groups in total. The molecule has 0 bridgehead atoms. The van der Waals surface area contributed by atoms with E-state index in [0.29, 0.717) is 11.7 Å². The lowest BCUT2D eigenvalue weighted by molar-refractivity contribution is 0.0691. The highest BCUT2D eigenvalue weighted by Crippen LogP contribution is 2.11. The number of thiazole rings is 1. The summed E-state index contributed by atoms with van der Waals surface area (Å²) in [5.74, 6) is -0.509. The highest BCUT2D eigenvalue weighted by atomic mass is 32.1. The van der Waals surface area contributed by atoms with E-state index in [1.165, 1.54) is 5.38 Å². The number of amides is 1. The molecule has 2 aromatic rings. The molecule has 7 nitrogen and oxygen atoms in total. The normalized spacial score (nSPS) is 10.4. The first-order valence-electron chi connectivity index (χ1n) is 5.37. The second-order valence-corrected chi connectivity index (χ2v) is 4.63. The Morgan fingerprint density at radius 3 is 2.68 bits per heavy atom. The molecule has 0 aromatic carbocycles. The molecule has 0 spiro atoms. The van der Waals surface area contributed by atoms with Crippen LogP contribution in [0, 0.1) is 13.8 Å². The second kappa shape index (κ2) is 5.19. The molecule has 100 valence electrons. The van der Waals surface area contributed by atoms with Gasteiger partial charge in [-0.3, -0.25) is 4.79 Å². The number of carbonyl (C=O) groups is 2. The average Bonchev–Trinajstić information content (AvgIpc) is 2.95. The van der Waals surface area contributed by atoms with Gasteiger partial charge in [0.1, 0.15) is 5.76 Å². The number of carbonyl (C=O) groups excluding carboxylic acids is 1. The van der Waals surface area contributed by atoms with Gasteiger partial charge in [0.15, 0.2) is 10.7 Å². The summed E-state index contributed by atoms with van der Waals surface area (Å²) in [6, 6.07) is 0. The van der Waals surface area contributed by atoms with Gasteiger partial charge in [-0.1, -0.05) is 0 Å². The number of oxazole rings is 1. The Kier molecular flexibility index (Phi) is 3.61. The van der Waals surface area contributed by atoms with Gasteiger partial charge in [-0.2, -0.15) is 0 Å². The summed E-state index contributed by atoms with van der Waals surface area (Å²) in [6.07, 6.45) is 0. The number of hydrogen-bond acceptors (Lipinski definition) is 6. The zero-order chi connectivity index (χ0) is 14.0. The maximum Gasteiger partial charge on any atom is 0.355 e. The van der Waals surface area contributed by atoms with Gasteiger partial charge in [-0.25, -0.2) is 14.8 Å². The molecule has 8 heteroatoms. The van der Waals surface area contributed by atoms with Crippen LogP contribution in [0.2, 0.25) is 0 Å². The molecule has 0 aliphatic heterocycles. The molecule has 0 aliphatic carbocycles. The molecule has 2 rings (SSSR count). The Hall–Kier alpha value is -2.22. The van der Waals surface area contributed by atoms with E-state index < -0.39 is 11.9 Å². The van der Waals surface area contributed by atoms with Gasteiger partial charge in [0.25, 0.3) is 5.91 Å². The van der Waals surface area contributed by atoms with Gasteiger partial charge in [0.05, 0.1) is 12.2 Å². The minimum absolute atomic E-state index is 0.0948. The van der Waals surface area contributed by atoms with E-state index >= 15 is 0 Å². The molecule has 0 unspecified atom stereocenters. The number of hydrogen-bond donors (Lipinski definition) is 2. The topological polar surface area (TPSA) is 105 Å². The van der Waals surface area contributed by atoms with Crippen molar-refractivity contribution in [1.82, 2.24) is 15.3 Å². The first-order chi connectivity index (χ1) is 8.97. The number of aromatic nitrogens is 2. The lowest BCUT2D eigenvalue weighted by atomic mass is 10.4. The molecule has 0 fully saturated rings. The van der Waals surface area contributed by atoms with Crippen molar-refractivity contribution in [3.8, 4) is 0 Å². The third-order valence-electron chi connectivity index (χ3n) is 2.39. The Labute approximate surface area is 112 Å². The average molecular weight is 281 g/mol. The van der Waals surface area contributed by atoms with Crippen molar-refractivity contribution >= 4 is 23.2 Å². The molecule has 0 atom stereocenters. The molecular weight excluding hydrogens is 270 g/mol. The molecule has 0 saturated carbocycles. The highest BCUT2D eigenvalue weighted by molar-refractivity contribution is 7.11. The summed E-state index contributed by atoms with van der Waals surface area (Å²) in [6.45, 7) is 3.73. The smallest absolute Gasteiger partial charge is 0.355 e. The number of aryl methyl sites for hydroxylation is 2. The Morgan fingerprint density at radius 1 is 1.42 bits per heavy atom. The SMILES string of the molecule is Cc1nc(CNC(=O)c2nc(C(=O)O)cs2)oc1C. The summed E-state index contributed by atoms with van der Waals surface area (Å²) in [5.41, 5.74) is 0.629. The van der Waals surface area contributed by atoms with Gasteiger partial charge in [0.2, 0.25) is 5.89 Å². The van der Waals surface area contributed by atoms with Crippen LogP contribution >= 0.6 is 11.3 Å². The van der Waals surface area contributed by atoms with Crippen LogP contribution in [-0.4, -0.2) is 27.0 Å². The Balaban J connectivity index is 1.99. The van der Waals surface area contributed by atoms with Crippen molar-refractivity contribution in [3.05, 3.63) is 33.4 Å². The van der Waals surface area contributed by atoms with Gasteiger partial charge in [-0.05, 0) is 13.8 Å². The minimum Gasteiger partial charge on any atom is -0.476 e. The molecular formula is C11H11N3O4S. The number of nitrogens with zero attached hydrogens (tertiary/aromatic N) is 2. The summed E-state index contributed by atoms with van der Waals surface area (Å²) in [4.78, 5) is 30.2. The first-order valence-corrected chi connectivity index (χ1v) is 6.25. The molecule has 2 aromatic heterocycles. The predicted octanol–water partition coefficient (Wildman–Crippen LogP) is 1.38. The van der Waals surface area contributed by atoms with Gasteiger partial charge >= 0.3 is 5.97 Å². The number of carboxylic acid groups (broad SMARTS) is 1. The maximum atomic E-state index is 11.7. The predicted molar refractivity (Wildman–Crippen MR) is 66.2 cm³/mol. The second-order valence-electron chi connectivity index (χ2n) is 3.77. The van der Waals surface area contributed by atoms with Crippen molar-refractivity contribution in [3.63, 3.8) is 0 Å². The van der Waals surface area contributed by atoms with Gasteiger partial charge in [0, 0.05) is 5.38 Å². The van der Waals surface area contributed by atoms with Crippen LogP contribution in [-0.2, 0) is 6.54 Å². The maximum absolute atomic E-state index is 11.7. The van der Waals surface area contributed by atoms with Gasteiger partial charge < -0.3 is 14.8 Å². The Bertz CT molecular complexity index is 612. The lowest BCUT2D eigenvalue weighted by Crippen LogP contribution is -2.23. The van der Waals surface area contributed by atoms with Crippen LogP contribution < -0.4 is 5.32 Å². The van der Waals surface area contributed by atoms with Crippen molar-refractivity contribution < 1.29 is 19.1 Å². The minimum atomic E-state index is -1.16. The molecule has 19 heavy (non-hydrogen) atoms. The van der Waals surface area contributed by atoms with Crippen molar-refractivity contribution in [2.45, 2.75) is 20.4 Å². The standard InChI is InChI=1S/C11H11N3O4S/c1-5-6(2)18-8(13-5)3-12-9(15)10-14-7(4-19-10)11(16)17/h4H,3H2,1-2H3,(H,12,15)(H,16,17). The molecule has 0 saturated heterocycles. The van der Waals surface area contributed by atoms with Crippen LogP contribution in [0.1, 0.15) is 37.6 Å². The first kappa shape index (κ1) is 13.2. The number of nitrogens with one attached hydrogen (secondary N) is 1. The summed E-state index contributed by atoms with van der Waals surface area (Å²) >= 11 is 0.974. The van der Waals surface area contributed by atoms with Crippen molar-refractivity contribution in [2.75, 3.05) is 0 Å². The zero-order valence-corrected chi connectivity index (χ0v) is 11.1. The van der Waals surface area contributed by atoms with Crippen molar-refractivity contribution in [2.24, 2.45) is 0 Å². The fourth-order valence-electron chi connectivity index (χ4n) is 1.32. The zero-order valence-electron chi connectivity index (χ0n) is 10.3. The fourth-order valence-corrected chi connectivity index (χ4v) is 2.03. The third-order valence-corrected chi connectivity index (χ3v) is 3.23.